The van der Waals surface area contributed by atoms with E-state index in [-0.39, 0.29) is 6.03 Å². The van der Waals surface area contributed by atoms with Gasteiger partial charge in [0.05, 0.1) is 0 Å². The van der Waals surface area contributed by atoms with Gasteiger partial charge in [-0.1, -0.05) is 18.0 Å². The second-order valence-corrected chi connectivity index (χ2v) is 8.05. The fourth-order valence-electron chi connectivity index (χ4n) is 3.91. The first-order chi connectivity index (χ1) is 12.6. The van der Waals surface area contributed by atoms with Gasteiger partial charge in [0.25, 0.3) is 0 Å². The number of urea groups is 1. The summed E-state index contributed by atoms with van der Waals surface area (Å²) in [5.74, 6) is 0.496. The second kappa shape index (κ2) is 9.47. The number of nitrogens with zero attached hydrogens (tertiary/aromatic N) is 2. The zero-order chi connectivity index (χ0) is 18.4. The normalized spacial score (nSPS) is 22.2. The Balaban J connectivity index is 1.34. The van der Waals surface area contributed by atoms with Gasteiger partial charge in [-0.2, -0.15) is 0 Å². The van der Waals surface area contributed by atoms with Crippen molar-refractivity contribution in [3.05, 3.63) is 29.3 Å². The zero-order valence-electron chi connectivity index (χ0n) is 15.7. The molecule has 2 amide bonds. The molecule has 0 aliphatic carbocycles. The van der Waals surface area contributed by atoms with E-state index < -0.39 is 0 Å². The number of amides is 2. The number of piperidine rings is 1. The highest BCUT2D eigenvalue weighted by Gasteiger charge is 2.23. The van der Waals surface area contributed by atoms with Gasteiger partial charge in [-0.3, -0.25) is 4.90 Å². The molecule has 0 radical (unpaired) electrons. The van der Waals surface area contributed by atoms with Crippen LogP contribution >= 0.6 is 11.6 Å². The third-order valence-electron chi connectivity index (χ3n) is 5.60. The van der Waals surface area contributed by atoms with Gasteiger partial charge >= 0.3 is 6.03 Å². The molecule has 0 spiro atoms. The van der Waals surface area contributed by atoms with Crippen LogP contribution in [0.5, 0.6) is 0 Å². The van der Waals surface area contributed by atoms with E-state index in [1.54, 1.807) is 0 Å². The molecular weight excluding hydrogens is 348 g/mol. The molecule has 2 heterocycles. The molecule has 0 saturated carbocycles. The molecule has 0 aromatic heterocycles. The number of likely N-dealkylation sites (tertiary alicyclic amines) is 1. The van der Waals surface area contributed by atoms with E-state index in [0.717, 1.165) is 44.2 Å². The molecule has 6 heteroatoms. The maximum atomic E-state index is 12.1. The fraction of sp³-hybridized carbons (Fsp3) is 0.650. The molecule has 2 atom stereocenters. The first kappa shape index (κ1) is 19.3. The molecule has 2 fully saturated rings. The Kier molecular flexibility index (Phi) is 7.03. The lowest BCUT2D eigenvalue weighted by Gasteiger charge is -2.32. The number of carbonyl (C=O) groups excluding carboxylic acids is 1. The van der Waals surface area contributed by atoms with Crippen molar-refractivity contribution in [1.29, 1.82) is 0 Å². The number of halogens is 1. The van der Waals surface area contributed by atoms with Gasteiger partial charge in [0.15, 0.2) is 0 Å². The summed E-state index contributed by atoms with van der Waals surface area (Å²) in [4.78, 5) is 16.9. The number of rotatable bonds is 6. The number of benzene rings is 1. The summed E-state index contributed by atoms with van der Waals surface area (Å²) in [6, 6.07) is 8.35. The smallest absolute Gasteiger partial charge is 0.314 e. The predicted octanol–water partition coefficient (Wildman–Crippen LogP) is 3.34. The van der Waals surface area contributed by atoms with E-state index in [4.69, 9.17) is 11.6 Å². The van der Waals surface area contributed by atoms with Crippen LogP contribution in [0.1, 0.15) is 32.6 Å². The van der Waals surface area contributed by atoms with Crippen molar-refractivity contribution in [1.82, 2.24) is 15.5 Å². The fourth-order valence-corrected chi connectivity index (χ4v) is 4.04. The van der Waals surface area contributed by atoms with Crippen LogP contribution in [0, 0.1) is 5.92 Å². The quantitative estimate of drug-likeness (QED) is 0.798. The molecule has 2 aliphatic heterocycles. The van der Waals surface area contributed by atoms with E-state index in [1.807, 2.05) is 12.1 Å². The van der Waals surface area contributed by atoms with Gasteiger partial charge < -0.3 is 15.5 Å². The van der Waals surface area contributed by atoms with Crippen LogP contribution in [0.25, 0.3) is 0 Å². The van der Waals surface area contributed by atoms with Crippen molar-refractivity contribution < 1.29 is 4.79 Å². The summed E-state index contributed by atoms with van der Waals surface area (Å²) in [5, 5.41) is 6.85. The summed E-state index contributed by atoms with van der Waals surface area (Å²) in [6.45, 7) is 7.97. The van der Waals surface area contributed by atoms with Gasteiger partial charge in [0.2, 0.25) is 0 Å². The molecule has 144 valence electrons. The number of hydrogen-bond acceptors (Lipinski definition) is 3. The summed E-state index contributed by atoms with van der Waals surface area (Å²) >= 11 is 5.96. The second-order valence-electron chi connectivity index (χ2n) is 7.61. The molecule has 1 aromatic carbocycles. The van der Waals surface area contributed by atoms with Gasteiger partial charge in [0, 0.05) is 42.9 Å². The van der Waals surface area contributed by atoms with E-state index in [0.29, 0.717) is 18.5 Å². The Morgan fingerprint density at radius 2 is 1.88 bits per heavy atom. The molecule has 0 bridgehead atoms. The minimum atomic E-state index is -0.0428. The highest BCUT2D eigenvalue weighted by Crippen LogP contribution is 2.24. The van der Waals surface area contributed by atoms with Crippen LogP contribution in [-0.2, 0) is 0 Å². The average molecular weight is 379 g/mol. The third-order valence-corrected chi connectivity index (χ3v) is 5.85. The lowest BCUT2D eigenvalue weighted by Crippen LogP contribution is -2.47. The molecule has 2 saturated heterocycles. The monoisotopic (exact) mass is 378 g/mol. The SMILES string of the molecule is C[C@@H](CNC(=O)NC[C@H]1CCN(c2ccc(Cl)cc2)C1)N1CCCCC1. The van der Waals surface area contributed by atoms with Crippen LogP contribution in [0.2, 0.25) is 5.02 Å². The minimum absolute atomic E-state index is 0.0428. The van der Waals surface area contributed by atoms with Gasteiger partial charge in [-0.05, 0) is 69.5 Å². The average Bonchev–Trinajstić information content (AvgIpc) is 3.14. The van der Waals surface area contributed by atoms with Crippen molar-refractivity contribution in [2.24, 2.45) is 5.92 Å². The predicted molar refractivity (Wildman–Crippen MR) is 108 cm³/mol. The van der Waals surface area contributed by atoms with E-state index >= 15 is 0 Å². The molecule has 2 N–H and O–H groups in total. The third kappa shape index (κ3) is 5.52. The minimum Gasteiger partial charge on any atom is -0.371 e. The Morgan fingerprint density at radius 3 is 2.62 bits per heavy atom. The number of anilines is 1. The molecule has 26 heavy (non-hydrogen) atoms. The summed E-state index contributed by atoms with van der Waals surface area (Å²) in [5.41, 5.74) is 1.21. The molecule has 2 aliphatic rings. The van der Waals surface area contributed by atoms with Crippen molar-refractivity contribution >= 4 is 23.3 Å². The maximum absolute atomic E-state index is 12.1. The standard InChI is InChI=1S/C20H31ClN4O/c1-16(24-10-3-2-4-11-24)13-22-20(26)23-14-17-9-12-25(15-17)19-7-5-18(21)6-8-19/h5-8,16-17H,2-4,9-15H2,1H3,(H2,22,23,26)/t16-,17+/m0/s1. The van der Waals surface area contributed by atoms with Gasteiger partial charge in [-0.25, -0.2) is 4.79 Å². The molecule has 0 unspecified atom stereocenters. The van der Waals surface area contributed by atoms with E-state index in [1.165, 1.54) is 24.9 Å². The van der Waals surface area contributed by atoms with Crippen LogP contribution in [0.15, 0.2) is 24.3 Å². The van der Waals surface area contributed by atoms with Gasteiger partial charge in [-0.15, -0.1) is 0 Å². The topological polar surface area (TPSA) is 47.6 Å². The molecular formula is C20H31ClN4O. The summed E-state index contributed by atoms with van der Waals surface area (Å²) in [7, 11) is 0. The van der Waals surface area contributed by atoms with Crippen LogP contribution in [-0.4, -0.2) is 56.2 Å². The zero-order valence-corrected chi connectivity index (χ0v) is 16.5. The number of nitrogens with one attached hydrogen (secondary N) is 2. The van der Waals surface area contributed by atoms with Crippen molar-refractivity contribution in [2.75, 3.05) is 44.2 Å². The Labute approximate surface area is 162 Å². The highest BCUT2D eigenvalue weighted by atomic mass is 35.5. The van der Waals surface area contributed by atoms with Crippen molar-refractivity contribution in [2.45, 2.75) is 38.6 Å². The number of hydrogen-bond donors (Lipinski definition) is 2. The largest absolute Gasteiger partial charge is 0.371 e. The van der Waals surface area contributed by atoms with Gasteiger partial charge in [0.1, 0.15) is 0 Å². The lowest BCUT2D eigenvalue weighted by molar-refractivity contribution is 0.170. The van der Waals surface area contributed by atoms with E-state index in [9.17, 15) is 4.79 Å². The Hall–Kier alpha value is -1.46. The number of carbonyl (C=O) groups is 1. The summed E-state index contributed by atoms with van der Waals surface area (Å²) in [6.07, 6.45) is 5.00. The van der Waals surface area contributed by atoms with Crippen molar-refractivity contribution in [3.8, 4) is 0 Å². The van der Waals surface area contributed by atoms with Crippen molar-refractivity contribution in [3.63, 3.8) is 0 Å². The molecule has 1 aromatic rings. The van der Waals surface area contributed by atoms with Crippen LogP contribution in [0.3, 0.4) is 0 Å². The maximum Gasteiger partial charge on any atom is 0.314 e. The molecule has 3 rings (SSSR count). The molecule has 5 nitrogen and oxygen atoms in total. The van der Waals surface area contributed by atoms with Crippen LogP contribution in [0.4, 0.5) is 10.5 Å². The first-order valence-corrected chi connectivity index (χ1v) is 10.3. The Bertz CT molecular complexity index is 574. The summed E-state index contributed by atoms with van der Waals surface area (Å²) < 4.78 is 0. The first-order valence-electron chi connectivity index (χ1n) is 9.88. The van der Waals surface area contributed by atoms with Crippen LogP contribution < -0.4 is 15.5 Å². The Morgan fingerprint density at radius 1 is 1.15 bits per heavy atom. The highest BCUT2D eigenvalue weighted by molar-refractivity contribution is 6.30. The lowest BCUT2D eigenvalue weighted by atomic mass is 10.1. The van der Waals surface area contributed by atoms with E-state index in [2.05, 4.69) is 39.5 Å².